The molecule has 0 fully saturated rings. The summed E-state index contributed by atoms with van der Waals surface area (Å²) in [4.78, 5) is 0. The van der Waals surface area contributed by atoms with E-state index in [2.05, 4.69) is 57.3 Å². The smallest absolute Gasteiger partial charge is 0.125 e. The van der Waals surface area contributed by atoms with Crippen LogP contribution in [0.1, 0.15) is 48.1 Å². The standard InChI is InChI=1S/C18H25NO2/c1-6-14-8-9-15(21-14)18(19-7-2)17-13(4)10-12(3)11-16(17)20-5/h8-11,18-19H,6-7H2,1-5H3. The van der Waals surface area contributed by atoms with Crippen LogP contribution in [-0.4, -0.2) is 13.7 Å². The van der Waals surface area contributed by atoms with Crippen LogP contribution < -0.4 is 10.1 Å². The number of ether oxygens (including phenoxy) is 1. The van der Waals surface area contributed by atoms with Crippen molar-refractivity contribution in [2.75, 3.05) is 13.7 Å². The van der Waals surface area contributed by atoms with E-state index in [1.54, 1.807) is 7.11 Å². The van der Waals surface area contributed by atoms with Crippen LogP contribution in [0.3, 0.4) is 0 Å². The third kappa shape index (κ3) is 3.30. The van der Waals surface area contributed by atoms with E-state index >= 15 is 0 Å². The molecule has 1 aromatic heterocycles. The highest BCUT2D eigenvalue weighted by atomic mass is 16.5. The second-order valence-corrected chi connectivity index (χ2v) is 5.35. The fourth-order valence-corrected chi connectivity index (χ4v) is 2.77. The quantitative estimate of drug-likeness (QED) is 0.866. The minimum absolute atomic E-state index is 0.0193. The monoisotopic (exact) mass is 287 g/mol. The second kappa shape index (κ2) is 6.81. The van der Waals surface area contributed by atoms with Gasteiger partial charge in [0.15, 0.2) is 0 Å². The molecule has 0 saturated carbocycles. The van der Waals surface area contributed by atoms with Gasteiger partial charge in [-0.3, -0.25) is 0 Å². The van der Waals surface area contributed by atoms with Crippen molar-refractivity contribution >= 4 is 0 Å². The summed E-state index contributed by atoms with van der Waals surface area (Å²) in [6.07, 6.45) is 0.906. The van der Waals surface area contributed by atoms with E-state index in [1.807, 2.05) is 0 Å². The minimum atomic E-state index is 0.0193. The molecule has 0 saturated heterocycles. The van der Waals surface area contributed by atoms with Crippen LogP contribution in [0.2, 0.25) is 0 Å². The van der Waals surface area contributed by atoms with Gasteiger partial charge < -0.3 is 14.5 Å². The van der Waals surface area contributed by atoms with Crippen molar-refractivity contribution in [3.05, 3.63) is 52.5 Å². The Balaban J connectivity index is 2.52. The summed E-state index contributed by atoms with van der Waals surface area (Å²) in [5, 5.41) is 3.51. The molecular formula is C18H25NO2. The summed E-state index contributed by atoms with van der Waals surface area (Å²) in [6, 6.07) is 8.40. The van der Waals surface area contributed by atoms with Gasteiger partial charge in [0.1, 0.15) is 17.3 Å². The molecule has 0 aliphatic carbocycles. The normalized spacial score (nSPS) is 12.4. The van der Waals surface area contributed by atoms with Gasteiger partial charge in [0.2, 0.25) is 0 Å². The van der Waals surface area contributed by atoms with Crippen LogP contribution in [0.4, 0.5) is 0 Å². The summed E-state index contributed by atoms with van der Waals surface area (Å²) >= 11 is 0. The van der Waals surface area contributed by atoms with Crippen molar-refractivity contribution in [1.29, 1.82) is 0 Å². The number of hydrogen-bond donors (Lipinski definition) is 1. The van der Waals surface area contributed by atoms with Crippen molar-refractivity contribution in [2.45, 2.75) is 40.2 Å². The molecule has 3 heteroatoms. The van der Waals surface area contributed by atoms with E-state index < -0.39 is 0 Å². The number of rotatable bonds is 6. The lowest BCUT2D eigenvalue weighted by molar-refractivity contribution is 0.387. The number of methoxy groups -OCH3 is 1. The van der Waals surface area contributed by atoms with Gasteiger partial charge in [-0.25, -0.2) is 0 Å². The molecule has 0 amide bonds. The van der Waals surface area contributed by atoms with Crippen LogP contribution in [-0.2, 0) is 6.42 Å². The first-order chi connectivity index (χ1) is 10.1. The molecule has 0 aliphatic rings. The molecule has 0 spiro atoms. The molecular weight excluding hydrogens is 262 g/mol. The average Bonchev–Trinajstić information content (AvgIpc) is 2.93. The third-order valence-corrected chi connectivity index (χ3v) is 3.73. The summed E-state index contributed by atoms with van der Waals surface area (Å²) in [5.41, 5.74) is 3.58. The zero-order valence-electron chi connectivity index (χ0n) is 13.6. The van der Waals surface area contributed by atoms with Crippen LogP contribution in [0.5, 0.6) is 5.75 Å². The van der Waals surface area contributed by atoms with Crippen LogP contribution in [0.15, 0.2) is 28.7 Å². The van der Waals surface area contributed by atoms with E-state index in [9.17, 15) is 0 Å². The SMILES string of the molecule is CCNC(c1ccc(CC)o1)c1c(C)cc(C)cc1OC. The Kier molecular flexibility index (Phi) is 5.07. The summed E-state index contributed by atoms with van der Waals surface area (Å²) in [7, 11) is 1.72. The molecule has 114 valence electrons. The van der Waals surface area contributed by atoms with Crippen LogP contribution in [0, 0.1) is 13.8 Å². The van der Waals surface area contributed by atoms with Crippen molar-refractivity contribution in [2.24, 2.45) is 0 Å². The van der Waals surface area contributed by atoms with E-state index in [0.717, 1.165) is 35.8 Å². The lowest BCUT2D eigenvalue weighted by Gasteiger charge is -2.22. The third-order valence-electron chi connectivity index (χ3n) is 3.73. The van der Waals surface area contributed by atoms with E-state index in [-0.39, 0.29) is 6.04 Å². The number of nitrogens with one attached hydrogen (secondary N) is 1. The Bertz CT molecular complexity index is 601. The molecule has 1 N–H and O–H groups in total. The maximum Gasteiger partial charge on any atom is 0.125 e. The molecule has 1 atom stereocenters. The minimum Gasteiger partial charge on any atom is -0.496 e. The Morgan fingerprint density at radius 2 is 1.95 bits per heavy atom. The van der Waals surface area contributed by atoms with E-state index in [1.165, 1.54) is 11.1 Å². The number of furan rings is 1. The highest BCUT2D eigenvalue weighted by Crippen LogP contribution is 2.34. The maximum absolute atomic E-state index is 5.97. The number of benzene rings is 1. The molecule has 0 bridgehead atoms. The van der Waals surface area contributed by atoms with Gasteiger partial charge in [0.25, 0.3) is 0 Å². The number of aryl methyl sites for hydroxylation is 3. The van der Waals surface area contributed by atoms with Gasteiger partial charge in [0.05, 0.1) is 13.2 Å². The van der Waals surface area contributed by atoms with Crippen LogP contribution >= 0.6 is 0 Å². The van der Waals surface area contributed by atoms with Gasteiger partial charge in [0, 0.05) is 12.0 Å². The van der Waals surface area contributed by atoms with Crippen molar-refractivity contribution in [3.8, 4) is 5.75 Å². The molecule has 0 radical (unpaired) electrons. The first-order valence-corrected chi connectivity index (χ1v) is 7.57. The topological polar surface area (TPSA) is 34.4 Å². The average molecular weight is 287 g/mol. The van der Waals surface area contributed by atoms with E-state index in [4.69, 9.17) is 9.15 Å². The van der Waals surface area contributed by atoms with Crippen molar-refractivity contribution < 1.29 is 9.15 Å². The van der Waals surface area contributed by atoms with Gasteiger partial charge in [-0.2, -0.15) is 0 Å². The largest absolute Gasteiger partial charge is 0.496 e. The maximum atomic E-state index is 5.97. The van der Waals surface area contributed by atoms with Gasteiger partial charge in [-0.15, -0.1) is 0 Å². The zero-order valence-corrected chi connectivity index (χ0v) is 13.6. The molecule has 2 rings (SSSR count). The first kappa shape index (κ1) is 15.6. The lowest BCUT2D eigenvalue weighted by Crippen LogP contribution is -2.23. The molecule has 1 heterocycles. The molecule has 1 aromatic carbocycles. The lowest BCUT2D eigenvalue weighted by atomic mass is 9.96. The highest BCUT2D eigenvalue weighted by Gasteiger charge is 2.23. The summed E-state index contributed by atoms with van der Waals surface area (Å²) in [6.45, 7) is 9.28. The Morgan fingerprint density at radius 3 is 2.52 bits per heavy atom. The van der Waals surface area contributed by atoms with Crippen molar-refractivity contribution in [3.63, 3.8) is 0 Å². The predicted molar refractivity (Wildman–Crippen MR) is 86.1 cm³/mol. The zero-order chi connectivity index (χ0) is 15.4. The predicted octanol–water partition coefficient (Wildman–Crippen LogP) is 4.17. The van der Waals surface area contributed by atoms with Crippen LogP contribution in [0.25, 0.3) is 0 Å². The second-order valence-electron chi connectivity index (χ2n) is 5.35. The van der Waals surface area contributed by atoms with Gasteiger partial charge in [-0.1, -0.05) is 19.9 Å². The molecule has 21 heavy (non-hydrogen) atoms. The summed E-state index contributed by atoms with van der Waals surface area (Å²) < 4.78 is 11.6. The Labute approximate surface area is 127 Å². The first-order valence-electron chi connectivity index (χ1n) is 7.57. The molecule has 1 unspecified atom stereocenters. The number of hydrogen-bond acceptors (Lipinski definition) is 3. The summed E-state index contributed by atoms with van der Waals surface area (Å²) in [5.74, 6) is 2.86. The molecule has 3 nitrogen and oxygen atoms in total. The fraction of sp³-hybridized carbons (Fsp3) is 0.444. The molecule has 0 aliphatic heterocycles. The Morgan fingerprint density at radius 1 is 1.19 bits per heavy atom. The fourth-order valence-electron chi connectivity index (χ4n) is 2.77. The van der Waals surface area contributed by atoms with E-state index in [0.29, 0.717) is 0 Å². The highest BCUT2D eigenvalue weighted by molar-refractivity contribution is 5.47. The molecule has 2 aromatic rings. The van der Waals surface area contributed by atoms with Crippen molar-refractivity contribution in [1.82, 2.24) is 5.32 Å². The Hall–Kier alpha value is -1.74. The van der Waals surface area contributed by atoms with Gasteiger partial charge >= 0.3 is 0 Å². The van der Waals surface area contributed by atoms with Gasteiger partial charge in [-0.05, 0) is 49.7 Å².